The number of aliphatic imine (C=N–C) groups is 2. The lowest BCUT2D eigenvalue weighted by Gasteiger charge is -2.30. The van der Waals surface area contributed by atoms with Crippen LogP contribution < -0.4 is 24.3 Å². The Morgan fingerprint density at radius 3 is 2.70 bits per heavy atom. The lowest BCUT2D eigenvalue weighted by atomic mass is 10.0. The molecule has 8 heteroatoms. The summed E-state index contributed by atoms with van der Waals surface area (Å²) >= 11 is 1.76. The second-order valence-electron chi connectivity index (χ2n) is 8.09. The van der Waals surface area contributed by atoms with Gasteiger partial charge >= 0.3 is 0 Å². The molecule has 170 valence electrons. The molecule has 3 heterocycles. The quantitative estimate of drug-likeness (QED) is 0.585. The molecule has 33 heavy (non-hydrogen) atoms. The normalized spacial score (nSPS) is 16.6. The topological polar surface area (TPSA) is 62.3 Å². The summed E-state index contributed by atoms with van der Waals surface area (Å²) in [5.41, 5.74) is 4.15. The number of hydrogen-bond acceptors (Lipinski definition) is 7. The van der Waals surface area contributed by atoms with E-state index in [4.69, 9.17) is 14.5 Å². The van der Waals surface area contributed by atoms with Crippen molar-refractivity contribution in [3.8, 4) is 11.5 Å². The number of fused-ring (bicyclic) bond motifs is 2. The van der Waals surface area contributed by atoms with Gasteiger partial charge in [-0.1, -0.05) is 23.5 Å². The van der Waals surface area contributed by atoms with Gasteiger partial charge in [-0.3, -0.25) is 4.99 Å². The number of para-hydroxylation sites is 1. The monoisotopic (exact) mass is 462 g/mol. The third-order valence-corrected chi connectivity index (χ3v) is 7.30. The van der Waals surface area contributed by atoms with Crippen molar-refractivity contribution >= 4 is 50.7 Å². The summed E-state index contributed by atoms with van der Waals surface area (Å²) in [5.74, 6) is 3.38. The van der Waals surface area contributed by atoms with Crippen LogP contribution in [0.25, 0.3) is 22.0 Å². The molecule has 0 aliphatic carbocycles. The highest BCUT2D eigenvalue weighted by Crippen LogP contribution is 2.41. The average Bonchev–Trinajstić information content (AvgIpc) is 3.47. The minimum atomic E-state index is 0.610. The van der Waals surface area contributed by atoms with Gasteiger partial charge in [0, 0.05) is 43.8 Å². The van der Waals surface area contributed by atoms with Crippen molar-refractivity contribution in [3.05, 3.63) is 47.0 Å². The Hall–Kier alpha value is -3.39. The van der Waals surface area contributed by atoms with E-state index in [1.807, 2.05) is 19.2 Å². The van der Waals surface area contributed by atoms with E-state index >= 15 is 0 Å². The number of anilines is 1. The number of ether oxygens (including phenoxy) is 2. The number of methoxy groups -OCH3 is 2. The Kier molecular flexibility index (Phi) is 5.76. The second kappa shape index (κ2) is 8.86. The first kappa shape index (κ1) is 21.5. The van der Waals surface area contributed by atoms with Crippen LogP contribution in [-0.4, -0.2) is 46.0 Å². The summed E-state index contributed by atoms with van der Waals surface area (Å²) in [4.78, 5) is 11.7. The lowest BCUT2D eigenvalue weighted by molar-refractivity contribution is -0.642. The van der Waals surface area contributed by atoms with Crippen LogP contribution in [0, 0.1) is 0 Å². The lowest BCUT2D eigenvalue weighted by Crippen LogP contribution is -2.39. The van der Waals surface area contributed by atoms with E-state index in [9.17, 15) is 0 Å². The summed E-state index contributed by atoms with van der Waals surface area (Å²) in [6, 6.07) is 12.5. The molecule has 1 aromatic heterocycles. The number of aryl methyl sites for hydroxylation is 1. The van der Waals surface area contributed by atoms with Crippen molar-refractivity contribution in [1.82, 2.24) is 5.32 Å². The summed E-state index contributed by atoms with van der Waals surface area (Å²) < 4.78 is 14.7. The van der Waals surface area contributed by atoms with E-state index in [1.54, 1.807) is 25.6 Å². The number of thiazole rings is 1. The Bertz CT molecular complexity index is 1310. The molecule has 0 atom stereocenters. The molecule has 2 aliphatic rings. The van der Waals surface area contributed by atoms with Crippen molar-refractivity contribution in [2.75, 3.05) is 39.3 Å². The molecular weight excluding hydrogens is 434 g/mol. The standard InChI is InChI=1S/C25H28N5O2S/c1-29-19-14-21(32-4)20(31-3)12-16(19)17(28-24(29)15-27-23-10-7-11-26-23)13-25-30(2)18-8-5-6-9-22(18)33-25/h5-6,8-9,12-14H,7,10-11,15H2,1-4H3,(H,26,27)/q+1. The maximum Gasteiger partial charge on any atom is 0.264 e. The van der Waals surface area contributed by atoms with E-state index in [1.165, 1.54) is 10.2 Å². The molecule has 5 rings (SSSR count). The molecule has 0 unspecified atom stereocenters. The van der Waals surface area contributed by atoms with Gasteiger partial charge < -0.3 is 19.7 Å². The molecule has 0 amide bonds. The van der Waals surface area contributed by atoms with Gasteiger partial charge in [-0.05, 0) is 18.6 Å². The van der Waals surface area contributed by atoms with Crippen LogP contribution in [0.4, 0.5) is 5.69 Å². The highest BCUT2D eigenvalue weighted by molar-refractivity contribution is 7.18. The Labute approximate surface area is 197 Å². The number of nitrogens with one attached hydrogen (secondary N) is 1. The first-order valence-corrected chi connectivity index (χ1v) is 11.8. The fourth-order valence-electron chi connectivity index (χ4n) is 4.26. The van der Waals surface area contributed by atoms with Crippen molar-refractivity contribution < 1.29 is 14.0 Å². The molecule has 2 aliphatic heterocycles. The second-order valence-corrected chi connectivity index (χ2v) is 9.16. The van der Waals surface area contributed by atoms with Gasteiger partial charge in [-0.15, -0.1) is 0 Å². The third-order valence-electron chi connectivity index (χ3n) is 6.13. The summed E-state index contributed by atoms with van der Waals surface area (Å²) in [6.45, 7) is 1.51. The fourth-order valence-corrected chi connectivity index (χ4v) is 5.35. The zero-order chi connectivity index (χ0) is 22.9. The van der Waals surface area contributed by atoms with Gasteiger partial charge in [0.25, 0.3) is 5.01 Å². The molecule has 0 spiro atoms. The first-order chi connectivity index (χ1) is 16.1. The zero-order valence-electron chi connectivity index (χ0n) is 19.4. The highest BCUT2D eigenvalue weighted by atomic mass is 32.1. The molecule has 0 saturated carbocycles. The predicted molar refractivity (Wildman–Crippen MR) is 136 cm³/mol. The number of benzene rings is 2. The van der Waals surface area contributed by atoms with Gasteiger partial charge in [0.15, 0.2) is 11.5 Å². The molecule has 0 radical (unpaired) electrons. The van der Waals surface area contributed by atoms with Crippen molar-refractivity contribution in [1.29, 1.82) is 0 Å². The van der Waals surface area contributed by atoms with E-state index in [-0.39, 0.29) is 0 Å². The number of likely N-dealkylation sites (N-methyl/N-ethyl adjacent to an activating group) is 1. The summed E-state index contributed by atoms with van der Waals surface area (Å²) in [6.07, 6.45) is 4.27. The SMILES string of the molecule is COc1cc2c(cc1OC)N(C)C(CNC1=NCCC1)=NC2=Cc1sc2ccccc2[n+]1C. The maximum atomic E-state index is 5.60. The van der Waals surface area contributed by atoms with Crippen LogP contribution in [-0.2, 0) is 7.05 Å². The maximum absolute atomic E-state index is 5.60. The first-order valence-electron chi connectivity index (χ1n) is 11.0. The summed E-state index contributed by atoms with van der Waals surface area (Å²) in [5, 5.41) is 4.60. The van der Waals surface area contributed by atoms with Gasteiger partial charge in [0.05, 0.1) is 38.0 Å². The third kappa shape index (κ3) is 3.95. The van der Waals surface area contributed by atoms with Crippen molar-refractivity contribution in [3.63, 3.8) is 0 Å². The molecule has 2 aromatic carbocycles. The number of rotatable bonds is 5. The van der Waals surface area contributed by atoms with Gasteiger partial charge in [0.1, 0.15) is 17.6 Å². The van der Waals surface area contributed by atoms with Crippen LogP contribution in [0.2, 0.25) is 0 Å². The van der Waals surface area contributed by atoms with Gasteiger partial charge in [-0.25, -0.2) is 4.99 Å². The smallest absolute Gasteiger partial charge is 0.264 e. The van der Waals surface area contributed by atoms with Crippen LogP contribution in [0.3, 0.4) is 0 Å². The molecule has 0 fully saturated rings. The van der Waals surface area contributed by atoms with Crippen LogP contribution in [0.15, 0.2) is 46.4 Å². The fraction of sp³-hybridized carbons (Fsp3) is 0.320. The minimum Gasteiger partial charge on any atom is -0.493 e. The number of amidine groups is 2. The molecule has 0 saturated heterocycles. The largest absolute Gasteiger partial charge is 0.493 e. The Morgan fingerprint density at radius 2 is 1.97 bits per heavy atom. The predicted octanol–water partition coefficient (Wildman–Crippen LogP) is 3.87. The van der Waals surface area contributed by atoms with E-state index in [2.05, 4.69) is 57.2 Å². The number of nitrogens with zero attached hydrogens (tertiary/aromatic N) is 4. The van der Waals surface area contributed by atoms with Gasteiger partial charge in [0.2, 0.25) is 5.52 Å². The minimum absolute atomic E-state index is 0.610. The van der Waals surface area contributed by atoms with Crippen molar-refractivity contribution in [2.24, 2.45) is 17.0 Å². The van der Waals surface area contributed by atoms with Crippen LogP contribution in [0.1, 0.15) is 23.4 Å². The van der Waals surface area contributed by atoms with Crippen molar-refractivity contribution in [2.45, 2.75) is 12.8 Å². The molecule has 3 aromatic rings. The number of aromatic nitrogens is 1. The van der Waals surface area contributed by atoms with E-state index in [0.717, 1.165) is 53.0 Å². The highest BCUT2D eigenvalue weighted by Gasteiger charge is 2.26. The zero-order valence-corrected chi connectivity index (χ0v) is 20.2. The molecule has 7 nitrogen and oxygen atoms in total. The molecular formula is C25H28N5O2S+. The van der Waals surface area contributed by atoms with E-state index < -0.39 is 0 Å². The molecule has 0 bridgehead atoms. The van der Waals surface area contributed by atoms with Gasteiger partial charge in [-0.2, -0.15) is 4.57 Å². The average molecular weight is 463 g/mol. The van der Waals surface area contributed by atoms with Crippen LogP contribution >= 0.6 is 11.3 Å². The summed E-state index contributed by atoms with van der Waals surface area (Å²) in [7, 11) is 7.46. The number of hydrogen-bond donors (Lipinski definition) is 1. The Balaban J connectivity index is 1.62. The Morgan fingerprint density at radius 1 is 1.18 bits per heavy atom. The van der Waals surface area contributed by atoms with E-state index in [0.29, 0.717) is 18.0 Å². The van der Waals surface area contributed by atoms with Crippen LogP contribution in [0.5, 0.6) is 11.5 Å². The molecule has 1 N–H and O–H groups in total.